The standard InChI is InChI=1S/C16H29N3/c1-7-19(14(3)12-18(5)6)16-9-8-15(11-17-4)13(2)10-16/h8-10,14,17H,7,11-12H2,1-6H3. The quantitative estimate of drug-likeness (QED) is 0.815. The minimum Gasteiger partial charge on any atom is -0.368 e. The van der Waals surface area contributed by atoms with E-state index in [-0.39, 0.29) is 0 Å². The van der Waals surface area contributed by atoms with Crippen LogP contribution in [0.2, 0.25) is 0 Å². The van der Waals surface area contributed by atoms with E-state index in [4.69, 9.17) is 0 Å². The predicted octanol–water partition coefficient (Wildman–Crippen LogP) is 2.49. The molecule has 0 fully saturated rings. The van der Waals surface area contributed by atoms with Crippen molar-refractivity contribution in [3.8, 4) is 0 Å². The van der Waals surface area contributed by atoms with Gasteiger partial charge in [0.15, 0.2) is 0 Å². The summed E-state index contributed by atoms with van der Waals surface area (Å²) in [6, 6.07) is 7.32. The molecule has 3 nitrogen and oxygen atoms in total. The molecule has 1 rings (SSSR count). The zero-order valence-electron chi connectivity index (χ0n) is 13.3. The number of hydrogen-bond acceptors (Lipinski definition) is 3. The fourth-order valence-electron chi connectivity index (χ4n) is 2.62. The molecule has 0 aliphatic carbocycles. The lowest BCUT2D eigenvalue weighted by molar-refractivity contribution is 0.373. The molecule has 1 aromatic carbocycles. The normalized spacial score (nSPS) is 12.8. The second-order valence-electron chi connectivity index (χ2n) is 5.54. The van der Waals surface area contributed by atoms with Gasteiger partial charge in [0.1, 0.15) is 0 Å². The summed E-state index contributed by atoms with van der Waals surface area (Å²) in [5, 5.41) is 3.22. The highest BCUT2D eigenvalue weighted by Gasteiger charge is 2.14. The van der Waals surface area contributed by atoms with Crippen molar-refractivity contribution in [3.05, 3.63) is 29.3 Å². The van der Waals surface area contributed by atoms with Gasteiger partial charge in [-0.25, -0.2) is 0 Å². The Hall–Kier alpha value is -1.06. The molecule has 3 heteroatoms. The number of nitrogens with one attached hydrogen (secondary N) is 1. The third-order valence-electron chi connectivity index (χ3n) is 3.53. The molecule has 0 radical (unpaired) electrons. The average Bonchev–Trinajstić information content (AvgIpc) is 2.32. The van der Waals surface area contributed by atoms with Crippen LogP contribution in [0.5, 0.6) is 0 Å². The van der Waals surface area contributed by atoms with E-state index in [1.807, 2.05) is 7.05 Å². The van der Waals surface area contributed by atoms with Crippen molar-refractivity contribution in [2.75, 3.05) is 39.1 Å². The van der Waals surface area contributed by atoms with Crippen molar-refractivity contribution in [2.45, 2.75) is 33.4 Å². The van der Waals surface area contributed by atoms with E-state index in [1.54, 1.807) is 0 Å². The Bertz CT molecular complexity index is 388. The SMILES string of the molecule is CCN(c1ccc(CNC)c(C)c1)C(C)CN(C)C. The summed E-state index contributed by atoms with van der Waals surface area (Å²) in [6.45, 7) is 9.76. The summed E-state index contributed by atoms with van der Waals surface area (Å²) in [5.74, 6) is 0. The van der Waals surface area contributed by atoms with Crippen molar-refractivity contribution in [3.63, 3.8) is 0 Å². The highest BCUT2D eigenvalue weighted by molar-refractivity contribution is 5.51. The summed E-state index contributed by atoms with van der Waals surface area (Å²) >= 11 is 0. The van der Waals surface area contributed by atoms with Gasteiger partial charge in [-0.3, -0.25) is 0 Å². The number of aryl methyl sites for hydroxylation is 1. The van der Waals surface area contributed by atoms with E-state index >= 15 is 0 Å². The fourth-order valence-corrected chi connectivity index (χ4v) is 2.62. The Morgan fingerprint density at radius 1 is 1.26 bits per heavy atom. The second-order valence-corrected chi connectivity index (χ2v) is 5.54. The first-order valence-electron chi connectivity index (χ1n) is 7.15. The smallest absolute Gasteiger partial charge is 0.0388 e. The first-order valence-corrected chi connectivity index (χ1v) is 7.15. The van der Waals surface area contributed by atoms with E-state index in [1.165, 1.54) is 16.8 Å². The summed E-state index contributed by atoms with van der Waals surface area (Å²) < 4.78 is 0. The van der Waals surface area contributed by atoms with Crippen LogP contribution < -0.4 is 10.2 Å². The minimum absolute atomic E-state index is 0.523. The van der Waals surface area contributed by atoms with E-state index in [2.05, 4.69) is 68.2 Å². The van der Waals surface area contributed by atoms with Gasteiger partial charge in [-0.2, -0.15) is 0 Å². The fraction of sp³-hybridized carbons (Fsp3) is 0.625. The van der Waals surface area contributed by atoms with Crippen molar-refractivity contribution < 1.29 is 0 Å². The van der Waals surface area contributed by atoms with Crippen LogP contribution in [0.15, 0.2) is 18.2 Å². The van der Waals surface area contributed by atoms with Crippen molar-refractivity contribution in [1.29, 1.82) is 0 Å². The molecule has 0 saturated carbocycles. The van der Waals surface area contributed by atoms with Crippen molar-refractivity contribution in [1.82, 2.24) is 10.2 Å². The van der Waals surface area contributed by atoms with Gasteiger partial charge in [0.2, 0.25) is 0 Å². The van der Waals surface area contributed by atoms with Gasteiger partial charge in [0, 0.05) is 31.4 Å². The monoisotopic (exact) mass is 263 g/mol. The number of rotatable bonds is 7. The molecule has 0 bridgehead atoms. The number of anilines is 1. The summed E-state index contributed by atoms with van der Waals surface area (Å²) in [7, 11) is 6.25. The number of benzene rings is 1. The van der Waals surface area contributed by atoms with Crippen LogP contribution >= 0.6 is 0 Å². The lowest BCUT2D eigenvalue weighted by Gasteiger charge is -2.32. The lowest BCUT2D eigenvalue weighted by atomic mass is 10.1. The molecule has 0 spiro atoms. The Morgan fingerprint density at radius 2 is 1.95 bits per heavy atom. The maximum atomic E-state index is 3.22. The van der Waals surface area contributed by atoms with Crippen LogP contribution in [0, 0.1) is 6.92 Å². The van der Waals surface area contributed by atoms with Gasteiger partial charge < -0.3 is 15.1 Å². The Balaban J connectivity index is 2.89. The lowest BCUT2D eigenvalue weighted by Crippen LogP contribution is -2.40. The molecule has 0 saturated heterocycles. The molecule has 1 aromatic rings. The highest BCUT2D eigenvalue weighted by atomic mass is 15.2. The maximum absolute atomic E-state index is 3.22. The van der Waals surface area contributed by atoms with Crippen LogP contribution in [-0.2, 0) is 6.54 Å². The van der Waals surface area contributed by atoms with Crippen LogP contribution in [0.4, 0.5) is 5.69 Å². The topological polar surface area (TPSA) is 18.5 Å². The molecule has 0 heterocycles. The third kappa shape index (κ3) is 4.51. The summed E-state index contributed by atoms with van der Waals surface area (Å²) in [4.78, 5) is 4.71. The molecule has 1 N–H and O–H groups in total. The molecule has 1 atom stereocenters. The molecule has 19 heavy (non-hydrogen) atoms. The van der Waals surface area contributed by atoms with E-state index in [0.29, 0.717) is 6.04 Å². The van der Waals surface area contributed by atoms with Gasteiger partial charge in [0.25, 0.3) is 0 Å². The minimum atomic E-state index is 0.523. The van der Waals surface area contributed by atoms with Gasteiger partial charge in [0.05, 0.1) is 0 Å². The Labute approximate surface area is 118 Å². The Morgan fingerprint density at radius 3 is 2.42 bits per heavy atom. The van der Waals surface area contributed by atoms with Gasteiger partial charge in [-0.15, -0.1) is 0 Å². The highest BCUT2D eigenvalue weighted by Crippen LogP contribution is 2.21. The molecule has 0 aromatic heterocycles. The molecular formula is C16H29N3. The van der Waals surface area contributed by atoms with Crippen molar-refractivity contribution >= 4 is 5.69 Å². The number of likely N-dealkylation sites (N-methyl/N-ethyl adjacent to an activating group) is 2. The molecule has 0 aliphatic rings. The molecular weight excluding hydrogens is 234 g/mol. The zero-order chi connectivity index (χ0) is 14.4. The Kier molecular flexibility index (Phi) is 6.32. The zero-order valence-corrected chi connectivity index (χ0v) is 13.3. The average molecular weight is 263 g/mol. The molecule has 1 unspecified atom stereocenters. The maximum Gasteiger partial charge on any atom is 0.0388 e. The largest absolute Gasteiger partial charge is 0.368 e. The van der Waals surface area contributed by atoms with Crippen LogP contribution in [0.3, 0.4) is 0 Å². The third-order valence-corrected chi connectivity index (χ3v) is 3.53. The van der Waals surface area contributed by atoms with Crippen LogP contribution in [0.25, 0.3) is 0 Å². The molecule has 0 aliphatic heterocycles. The second kappa shape index (κ2) is 7.51. The predicted molar refractivity (Wildman–Crippen MR) is 85.0 cm³/mol. The van der Waals surface area contributed by atoms with Crippen LogP contribution in [0.1, 0.15) is 25.0 Å². The summed E-state index contributed by atoms with van der Waals surface area (Å²) in [6.07, 6.45) is 0. The van der Waals surface area contributed by atoms with E-state index < -0.39 is 0 Å². The van der Waals surface area contributed by atoms with Crippen LogP contribution in [-0.4, -0.2) is 45.2 Å². The molecule has 108 valence electrons. The van der Waals surface area contributed by atoms with Gasteiger partial charge >= 0.3 is 0 Å². The first kappa shape index (κ1) is 16.0. The number of nitrogens with zero attached hydrogens (tertiary/aromatic N) is 2. The number of hydrogen-bond donors (Lipinski definition) is 1. The van der Waals surface area contributed by atoms with E-state index in [0.717, 1.165) is 19.6 Å². The van der Waals surface area contributed by atoms with Crippen molar-refractivity contribution in [2.24, 2.45) is 0 Å². The molecule has 0 amide bonds. The summed E-state index contributed by atoms with van der Waals surface area (Å²) in [5.41, 5.74) is 4.07. The van der Waals surface area contributed by atoms with Gasteiger partial charge in [-0.1, -0.05) is 6.07 Å². The first-order chi connectivity index (χ1) is 8.99. The van der Waals surface area contributed by atoms with Gasteiger partial charge in [-0.05, 0) is 65.2 Å². The van der Waals surface area contributed by atoms with E-state index in [9.17, 15) is 0 Å².